The van der Waals surface area contributed by atoms with Crippen molar-refractivity contribution in [1.82, 2.24) is 13.7 Å². The third-order valence-corrected chi connectivity index (χ3v) is 24.2. The highest BCUT2D eigenvalue weighted by Crippen LogP contribution is 2.54. The molecule has 23 heteroatoms. The lowest BCUT2D eigenvalue weighted by Gasteiger charge is -2.35. The Hall–Kier alpha value is -8.71. The number of hydrogen-bond donors (Lipinski definition) is 5. The zero-order chi connectivity index (χ0) is 78.0. The second-order valence-electron chi connectivity index (χ2n) is 32.3. The molecule has 0 amide bonds. The number of aliphatic hydroxyl groups excluding tert-OH is 3. The normalized spacial score (nSPS) is 16.7. The lowest BCUT2D eigenvalue weighted by molar-refractivity contribution is -0.0596. The van der Waals surface area contributed by atoms with E-state index in [4.69, 9.17) is 23.7 Å². The van der Waals surface area contributed by atoms with Crippen LogP contribution in [0.3, 0.4) is 0 Å². The first kappa shape index (κ1) is 77.9. The Bertz CT molecular complexity index is 5510. The number of aryl methyl sites for hydroxylation is 7. The van der Waals surface area contributed by atoms with E-state index in [0.29, 0.717) is 78.7 Å². The van der Waals surface area contributed by atoms with Gasteiger partial charge in [-0.25, -0.2) is 25.3 Å². The maximum atomic E-state index is 13.0. The third kappa shape index (κ3) is 15.2. The number of anilines is 3. The number of aromatic nitrogens is 3. The van der Waals surface area contributed by atoms with Gasteiger partial charge in [-0.3, -0.25) is 13.7 Å². The summed E-state index contributed by atoms with van der Waals surface area (Å²) in [6, 6.07) is 18.5. The molecule has 0 saturated carbocycles. The Morgan fingerprint density at radius 1 is 0.514 bits per heavy atom. The lowest BCUT2D eigenvalue weighted by Crippen LogP contribution is -2.37. The second kappa shape index (κ2) is 28.4. The van der Waals surface area contributed by atoms with E-state index in [9.17, 15) is 40.6 Å². The first-order valence-corrected chi connectivity index (χ1v) is 41.7. The minimum Gasteiger partial charge on any atom is -0.510 e. The van der Waals surface area contributed by atoms with E-state index in [2.05, 4.69) is 90.2 Å². The molecule has 5 N–H and O–H groups in total. The fourth-order valence-electron chi connectivity index (χ4n) is 16.2. The molecule has 3 atom stereocenters. The van der Waals surface area contributed by atoms with Gasteiger partial charge in [-0.1, -0.05) is 61.7 Å². The highest BCUT2D eigenvalue weighted by atomic mass is 32.2. The maximum absolute atomic E-state index is 13.0. The largest absolute Gasteiger partial charge is 0.510 e. The molecule has 0 bridgehead atoms. The Balaban J connectivity index is 0.000000151. The molecule has 3 unspecified atom stereocenters. The lowest BCUT2D eigenvalue weighted by atomic mass is 9.83. The van der Waals surface area contributed by atoms with Crippen LogP contribution in [0.1, 0.15) is 166 Å². The van der Waals surface area contributed by atoms with Crippen LogP contribution in [-0.4, -0.2) is 109 Å². The van der Waals surface area contributed by atoms with E-state index in [0.717, 1.165) is 148 Å². The minimum absolute atomic E-state index is 0.00579. The van der Waals surface area contributed by atoms with Crippen molar-refractivity contribution >= 4 is 79.8 Å². The van der Waals surface area contributed by atoms with Gasteiger partial charge in [0.2, 0.25) is 30.1 Å². The number of sulfonamides is 3. The quantitative estimate of drug-likeness (QED) is 0.0674. The monoisotopic (exact) mass is 1520 g/mol. The zero-order valence-corrected chi connectivity index (χ0v) is 67.6. The molecule has 0 fully saturated rings. The van der Waals surface area contributed by atoms with Crippen molar-refractivity contribution in [2.45, 2.75) is 198 Å². The number of nitrogens with zero attached hydrogens (tertiary/aromatic N) is 4. The average molecular weight is 1520 g/mol. The van der Waals surface area contributed by atoms with E-state index < -0.39 is 65.2 Å². The topological polar surface area (TPSA) is 251 Å². The summed E-state index contributed by atoms with van der Waals surface area (Å²) in [6.45, 7) is 48.0. The van der Waals surface area contributed by atoms with Gasteiger partial charge in [0.25, 0.3) is 0 Å². The van der Waals surface area contributed by atoms with E-state index in [-0.39, 0.29) is 28.8 Å². The van der Waals surface area contributed by atoms with Crippen LogP contribution in [0.5, 0.6) is 11.5 Å². The van der Waals surface area contributed by atoms with Gasteiger partial charge >= 0.3 is 0 Å². The molecule has 8 heterocycles. The minimum atomic E-state index is -3.55. The van der Waals surface area contributed by atoms with Crippen molar-refractivity contribution in [3.63, 3.8) is 0 Å². The van der Waals surface area contributed by atoms with Crippen molar-refractivity contribution in [2.75, 3.05) is 51.3 Å². The number of hydrogen-bond acceptors (Lipinski definition) is 14. The SMILES string of the molecule is C=C(O)C(OC(C)(C)C)c1c(C)c2c3c(c(C)cn3CCN2S(C)(=O)=O)c1-c1ccc2c(c1C)CCCO2.C=C(O)C(OC(C)(C)C)c1c(C)c2c3c(c(C)cn3CCS(=O)(=O)N2)c1-c1ccc(C)cc1.C=C(O)C(OC(C)(C)C)c1c(C)c2c3c(c(C)cn3CCS(=O)(=O)N2)c1-c1ccc2c(c1)CCCO2. The van der Waals surface area contributed by atoms with Crippen LogP contribution in [0.4, 0.5) is 17.1 Å². The molecule has 0 aliphatic carbocycles. The highest BCUT2D eigenvalue weighted by molar-refractivity contribution is 7.93. The Labute approximate surface area is 630 Å². The van der Waals surface area contributed by atoms with E-state index in [1.54, 1.807) is 0 Å². The molecule has 0 radical (unpaired) electrons. The Morgan fingerprint density at radius 2 is 0.925 bits per heavy atom. The Kier molecular flexibility index (Phi) is 20.7. The molecule has 5 aliphatic rings. The van der Waals surface area contributed by atoms with Crippen LogP contribution in [0.25, 0.3) is 66.1 Å². The van der Waals surface area contributed by atoms with E-state index in [1.807, 2.05) is 144 Å². The fraction of sp³-hybridized carbons (Fsp3) is 0.429. The number of benzene rings is 6. The highest BCUT2D eigenvalue weighted by Gasteiger charge is 2.40. The summed E-state index contributed by atoms with van der Waals surface area (Å²) < 4.78 is 121. The predicted molar refractivity (Wildman–Crippen MR) is 431 cm³/mol. The average Bonchev–Trinajstić information content (AvgIpc) is 1.65. The molecule has 20 nitrogen and oxygen atoms in total. The van der Waals surface area contributed by atoms with Crippen LogP contribution < -0.4 is 23.2 Å². The van der Waals surface area contributed by atoms with Gasteiger partial charge in [0, 0.05) is 71.1 Å². The van der Waals surface area contributed by atoms with Gasteiger partial charge in [-0.05, 0) is 245 Å². The number of nitrogens with one attached hydrogen (secondary N) is 2. The van der Waals surface area contributed by atoms with E-state index >= 15 is 0 Å². The molecular weight excluding hydrogens is 1410 g/mol. The van der Waals surface area contributed by atoms with Crippen LogP contribution in [0, 0.1) is 55.4 Å². The molecule has 0 spiro atoms. The summed E-state index contributed by atoms with van der Waals surface area (Å²) in [5.74, 6) is 1.42. The number of ether oxygens (including phenoxy) is 5. The van der Waals surface area contributed by atoms with Gasteiger partial charge in [0.05, 0.1) is 87.9 Å². The van der Waals surface area contributed by atoms with Crippen LogP contribution >= 0.6 is 0 Å². The Morgan fingerprint density at radius 3 is 1.38 bits per heavy atom. The summed E-state index contributed by atoms with van der Waals surface area (Å²) in [6.07, 6.45) is 8.59. The summed E-state index contributed by atoms with van der Waals surface area (Å²) in [7, 11) is -10.6. The molecule has 14 rings (SSSR count). The zero-order valence-electron chi connectivity index (χ0n) is 65.1. The number of fused-ring (bicyclic) bond motifs is 2. The molecule has 6 aromatic carbocycles. The first-order chi connectivity index (χ1) is 49.9. The molecule has 0 saturated heterocycles. The van der Waals surface area contributed by atoms with Crippen molar-refractivity contribution in [3.05, 3.63) is 183 Å². The third-order valence-electron chi connectivity index (χ3n) is 20.6. The van der Waals surface area contributed by atoms with E-state index in [1.165, 1.54) is 16.1 Å². The molecular formula is C84H104N6O14S3. The van der Waals surface area contributed by atoms with Gasteiger partial charge in [-0.2, -0.15) is 0 Å². The predicted octanol–water partition coefficient (Wildman–Crippen LogP) is 18.1. The maximum Gasteiger partial charge on any atom is 0.234 e. The number of aliphatic hydroxyl groups is 3. The van der Waals surface area contributed by atoms with Crippen molar-refractivity contribution in [2.24, 2.45) is 0 Å². The van der Waals surface area contributed by atoms with Crippen LogP contribution in [0.15, 0.2) is 110 Å². The fourth-order valence-corrected chi connectivity index (χ4v) is 19.4. The summed E-state index contributed by atoms with van der Waals surface area (Å²) in [4.78, 5) is 0. The van der Waals surface area contributed by atoms with Gasteiger partial charge in [0.15, 0.2) is 0 Å². The smallest absolute Gasteiger partial charge is 0.234 e. The van der Waals surface area contributed by atoms with Gasteiger partial charge in [-0.15, -0.1) is 0 Å². The van der Waals surface area contributed by atoms with Crippen LogP contribution in [-0.2, 0) is 76.8 Å². The van der Waals surface area contributed by atoms with Gasteiger partial charge < -0.3 is 52.7 Å². The van der Waals surface area contributed by atoms with Crippen molar-refractivity contribution in [3.8, 4) is 44.9 Å². The molecule has 5 aliphatic heterocycles. The van der Waals surface area contributed by atoms with Crippen LogP contribution in [0.2, 0.25) is 0 Å². The molecule has 107 heavy (non-hydrogen) atoms. The molecule has 9 aromatic rings. The second-order valence-corrected chi connectivity index (χ2v) is 37.9. The number of rotatable bonds is 13. The van der Waals surface area contributed by atoms with Crippen molar-refractivity contribution < 1.29 is 64.3 Å². The molecule has 3 aromatic heterocycles. The summed E-state index contributed by atoms with van der Waals surface area (Å²) >= 11 is 0. The molecule has 572 valence electrons. The summed E-state index contributed by atoms with van der Waals surface area (Å²) in [5, 5.41) is 35.3. The van der Waals surface area contributed by atoms with Crippen molar-refractivity contribution in [1.29, 1.82) is 0 Å². The standard InChI is InChI=1S/C30H38N2O5S.C28H34N2O5S.C26H32N2O4S/c1-17-16-31-13-14-32(38(8,34)35)27-19(3)25(29(20(4)33)37-30(5,6)7)26(24(17)28(27)31)22-11-12-23-21(18(22)2)10-9-15-36-23;1-16-15-30-11-13-36(32,33)29-25-17(2)23(27(18(3)31)35-28(4,5)6)24(22(16)26(25)30)20-9-10-21-19(14-20)8-7-12-34-21;1-15-8-10-19(11-9-15)22-20-16(2)14-28-12-13-33(30,31)27-23(24(20)28)17(3)21(22)25(18(4)29)32-26(5,6)7/h11-12,16,29,33H,4,9-10,13-15H2,1-3,5-8H3;9-10,14-15,27,29,31H,3,7-8,11-13H2,1-2,4-6H3;8-11,14,25,27,29H,4,12-13H2,1-3,5-7H3. The first-order valence-electron chi connectivity index (χ1n) is 36.6. The van der Waals surface area contributed by atoms with Gasteiger partial charge in [0.1, 0.15) is 47.1 Å². The summed E-state index contributed by atoms with van der Waals surface area (Å²) in [5.41, 5.74) is 20.3.